The Hall–Kier alpha value is -0.480. The van der Waals surface area contributed by atoms with E-state index in [4.69, 9.17) is 27.9 Å². The van der Waals surface area contributed by atoms with Gasteiger partial charge in [0.15, 0.2) is 0 Å². The van der Waals surface area contributed by atoms with Crippen LogP contribution in [0.5, 0.6) is 5.75 Å². The summed E-state index contributed by atoms with van der Waals surface area (Å²) in [5, 5.41) is 4.76. The zero-order chi connectivity index (χ0) is 19.8. The molecule has 2 atom stereocenters. The van der Waals surface area contributed by atoms with Crippen LogP contribution in [0.15, 0.2) is 18.2 Å². The number of ether oxygens (including phenoxy) is 1. The Morgan fingerprint density at radius 1 is 1.18 bits per heavy atom. The first-order chi connectivity index (χ1) is 13.7. The van der Waals surface area contributed by atoms with E-state index in [1.54, 1.807) is 6.07 Å². The predicted molar refractivity (Wildman–Crippen MR) is 120 cm³/mol. The Morgan fingerprint density at radius 3 is 2.68 bits per heavy atom. The van der Waals surface area contributed by atoms with Gasteiger partial charge in [-0.3, -0.25) is 0 Å². The van der Waals surface area contributed by atoms with Gasteiger partial charge in [-0.25, -0.2) is 0 Å². The predicted octanol–water partition coefficient (Wildman–Crippen LogP) is 6.03. The maximum Gasteiger partial charge on any atom is 0.120 e. The van der Waals surface area contributed by atoms with E-state index in [2.05, 4.69) is 17.1 Å². The minimum absolute atomic E-state index is 0.558. The molecule has 0 radical (unpaired) electrons. The van der Waals surface area contributed by atoms with E-state index in [9.17, 15) is 0 Å². The third kappa shape index (κ3) is 6.52. The van der Waals surface area contributed by atoms with E-state index in [1.807, 2.05) is 12.1 Å². The van der Waals surface area contributed by atoms with Crippen molar-refractivity contribution in [2.24, 2.45) is 11.8 Å². The van der Waals surface area contributed by atoms with E-state index < -0.39 is 0 Å². The molecule has 2 unspecified atom stereocenters. The molecule has 1 aromatic carbocycles. The Labute approximate surface area is 181 Å². The fourth-order valence-corrected chi connectivity index (χ4v) is 5.11. The van der Waals surface area contributed by atoms with Crippen LogP contribution in [-0.2, 0) is 0 Å². The first-order valence-corrected chi connectivity index (χ1v) is 12.0. The van der Waals surface area contributed by atoms with Crippen molar-refractivity contribution in [1.29, 1.82) is 0 Å². The van der Waals surface area contributed by atoms with Gasteiger partial charge in [0.05, 0.1) is 16.7 Å². The fourth-order valence-electron chi connectivity index (χ4n) is 4.82. The van der Waals surface area contributed by atoms with Crippen LogP contribution >= 0.6 is 23.2 Å². The number of unbranched alkanes of at least 4 members (excludes halogenated alkanes) is 1. The number of nitrogens with one attached hydrogen (secondary N) is 1. The Balaban J connectivity index is 1.42. The van der Waals surface area contributed by atoms with Gasteiger partial charge in [-0.05, 0) is 88.7 Å². The van der Waals surface area contributed by atoms with Crippen LogP contribution in [0.2, 0.25) is 10.0 Å². The number of piperidine rings is 2. The van der Waals surface area contributed by atoms with Crippen LogP contribution in [0.1, 0.15) is 58.3 Å². The lowest BCUT2D eigenvalue weighted by Crippen LogP contribution is -2.49. The molecule has 28 heavy (non-hydrogen) atoms. The number of rotatable bonds is 9. The third-order valence-corrected chi connectivity index (χ3v) is 7.28. The molecule has 1 N–H and O–H groups in total. The SMILES string of the molecule is CCCCC(C1CCCNC1)N1CCC(CCOc2ccc(Cl)c(Cl)c2)CC1. The second kappa shape index (κ2) is 11.6. The van der Waals surface area contributed by atoms with Crippen LogP contribution in [0, 0.1) is 11.8 Å². The summed E-state index contributed by atoms with van der Waals surface area (Å²) in [7, 11) is 0. The normalized spacial score (nSPS) is 22.9. The van der Waals surface area contributed by atoms with Crippen molar-refractivity contribution >= 4 is 23.2 Å². The van der Waals surface area contributed by atoms with Crippen molar-refractivity contribution in [1.82, 2.24) is 10.2 Å². The number of hydrogen-bond donors (Lipinski definition) is 1. The fraction of sp³-hybridized carbons (Fsp3) is 0.739. The van der Waals surface area contributed by atoms with Gasteiger partial charge in [0.25, 0.3) is 0 Å². The Morgan fingerprint density at radius 2 is 2.00 bits per heavy atom. The van der Waals surface area contributed by atoms with Crippen LogP contribution in [0.3, 0.4) is 0 Å². The van der Waals surface area contributed by atoms with Gasteiger partial charge in [-0.15, -0.1) is 0 Å². The molecule has 0 saturated carbocycles. The van der Waals surface area contributed by atoms with E-state index in [0.29, 0.717) is 10.0 Å². The van der Waals surface area contributed by atoms with Crippen molar-refractivity contribution in [3.63, 3.8) is 0 Å². The molecule has 2 aliphatic heterocycles. The molecule has 0 aromatic heterocycles. The van der Waals surface area contributed by atoms with E-state index in [1.165, 1.54) is 71.1 Å². The zero-order valence-corrected chi connectivity index (χ0v) is 18.8. The molecule has 3 rings (SSSR count). The topological polar surface area (TPSA) is 24.5 Å². The molecule has 2 fully saturated rings. The lowest BCUT2D eigenvalue weighted by molar-refractivity contribution is 0.0716. The zero-order valence-electron chi connectivity index (χ0n) is 17.3. The van der Waals surface area contributed by atoms with Crippen molar-refractivity contribution in [3.8, 4) is 5.75 Å². The molecule has 0 bridgehead atoms. The summed E-state index contributed by atoms with van der Waals surface area (Å²) in [5.74, 6) is 2.43. The van der Waals surface area contributed by atoms with Crippen molar-refractivity contribution in [3.05, 3.63) is 28.2 Å². The standard InChI is InChI=1S/C23H36Cl2N2O/c1-2-3-6-23(19-5-4-12-26-17-19)27-13-9-18(10-14-27)11-15-28-20-7-8-21(24)22(25)16-20/h7-8,16,18-19,23,26H,2-6,9-15,17H2,1H3. The van der Waals surface area contributed by atoms with E-state index >= 15 is 0 Å². The highest BCUT2D eigenvalue weighted by atomic mass is 35.5. The van der Waals surface area contributed by atoms with E-state index in [-0.39, 0.29) is 0 Å². The van der Waals surface area contributed by atoms with Gasteiger partial charge in [0.1, 0.15) is 5.75 Å². The summed E-state index contributed by atoms with van der Waals surface area (Å²) in [6.07, 6.45) is 10.5. The summed E-state index contributed by atoms with van der Waals surface area (Å²) < 4.78 is 5.90. The quantitative estimate of drug-likeness (QED) is 0.521. The molecule has 1 aromatic rings. The molecule has 2 aliphatic rings. The lowest BCUT2D eigenvalue weighted by atomic mass is 9.85. The summed E-state index contributed by atoms with van der Waals surface area (Å²) >= 11 is 12.0. The third-order valence-electron chi connectivity index (χ3n) is 6.54. The number of likely N-dealkylation sites (tertiary alicyclic amines) is 1. The second-order valence-electron chi connectivity index (χ2n) is 8.51. The second-order valence-corrected chi connectivity index (χ2v) is 9.32. The minimum atomic E-state index is 0.558. The number of hydrogen-bond acceptors (Lipinski definition) is 3. The van der Waals surface area contributed by atoms with Crippen molar-refractivity contribution < 1.29 is 4.74 Å². The maximum atomic E-state index is 6.07. The highest BCUT2D eigenvalue weighted by Gasteiger charge is 2.31. The average molecular weight is 427 g/mol. The number of nitrogens with zero attached hydrogens (tertiary/aromatic N) is 1. The Kier molecular flexibility index (Phi) is 9.23. The van der Waals surface area contributed by atoms with Gasteiger partial charge in [0, 0.05) is 12.1 Å². The molecule has 2 heterocycles. The smallest absolute Gasteiger partial charge is 0.120 e. The van der Waals surface area contributed by atoms with Crippen molar-refractivity contribution in [2.45, 2.75) is 64.3 Å². The summed E-state index contributed by atoms with van der Waals surface area (Å²) in [5.41, 5.74) is 0. The van der Waals surface area contributed by atoms with Gasteiger partial charge < -0.3 is 15.0 Å². The van der Waals surface area contributed by atoms with Gasteiger partial charge in [0.2, 0.25) is 0 Å². The van der Waals surface area contributed by atoms with Gasteiger partial charge >= 0.3 is 0 Å². The van der Waals surface area contributed by atoms with Crippen LogP contribution in [-0.4, -0.2) is 43.7 Å². The van der Waals surface area contributed by atoms with Gasteiger partial charge in [-0.1, -0.05) is 43.0 Å². The molecule has 0 aliphatic carbocycles. The highest BCUT2D eigenvalue weighted by Crippen LogP contribution is 2.30. The lowest BCUT2D eigenvalue weighted by Gasteiger charge is -2.42. The first-order valence-electron chi connectivity index (χ1n) is 11.2. The van der Waals surface area contributed by atoms with Crippen LogP contribution in [0.4, 0.5) is 0 Å². The molecule has 0 spiro atoms. The summed E-state index contributed by atoms with van der Waals surface area (Å²) in [6.45, 7) is 8.00. The molecule has 158 valence electrons. The number of benzene rings is 1. The van der Waals surface area contributed by atoms with Crippen LogP contribution < -0.4 is 10.1 Å². The van der Waals surface area contributed by atoms with E-state index in [0.717, 1.165) is 36.7 Å². The van der Waals surface area contributed by atoms with Gasteiger partial charge in [-0.2, -0.15) is 0 Å². The summed E-state index contributed by atoms with van der Waals surface area (Å²) in [4.78, 5) is 2.81. The summed E-state index contributed by atoms with van der Waals surface area (Å²) in [6, 6.07) is 6.28. The average Bonchev–Trinajstić information content (AvgIpc) is 2.73. The highest BCUT2D eigenvalue weighted by molar-refractivity contribution is 6.42. The molecular weight excluding hydrogens is 391 g/mol. The molecule has 3 nitrogen and oxygen atoms in total. The monoisotopic (exact) mass is 426 g/mol. The molecule has 2 saturated heterocycles. The van der Waals surface area contributed by atoms with Crippen molar-refractivity contribution in [2.75, 3.05) is 32.8 Å². The first kappa shape index (κ1) is 22.2. The minimum Gasteiger partial charge on any atom is -0.494 e. The maximum absolute atomic E-state index is 6.07. The molecular formula is C23H36Cl2N2O. The Bertz CT molecular complexity index is 584. The molecule has 0 amide bonds. The largest absolute Gasteiger partial charge is 0.494 e. The number of halogens is 2. The molecule has 5 heteroatoms. The van der Waals surface area contributed by atoms with Crippen LogP contribution in [0.25, 0.3) is 0 Å².